The standard InChI is InChI=1S/C17H14F6N2O2/c1-25(8-10-9-26-12-4-2-3-5-13(12)27-10)11-6-7-14(16(18,19)20)24-15(11)17(21,22)23/h2-7,10H,8-9H2,1H3. The Balaban J connectivity index is 1.83. The first-order valence-electron chi connectivity index (χ1n) is 7.81. The summed E-state index contributed by atoms with van der Waals surface area (Å²) in [6.07, 6.45) is -10.6. The zero-order chi connectivity index (χ0) is 19.8. The maximum absolute atomic E-state index is 13.2. The number of pyridine rings is 1. The third kappa shape index (κ3) is 4.20. The molecule has 1 aliphatic heterocycles. The zero-order valence-corrected chi connectivity index (χ0v) is 13.9. The molecule has 0 bridgehead atoms. The molecule has 0 N–H and O–H groups in total. The summed E-state index contributed by atoms with van der Waals surface area (Å²) in [6, 6.07) is 8.10. The summed E-state index contributed by atoms with van der Waals surface area (Å²) in [7, 11) is 1.32. The van der Waals surface area contributed by atoms with Crippen LogP contribution in [0.4, 0.5) is 32.0 Å². The first-order chi connectivity index (χ1) is 12.6. The summed E-state index contributed by atoms with van der Waals surface area (Å²) < 4.78 is 89.1. The zero-order valence-electron chi connectivity index (χ0n) is 13.9. The molecule has 4 nitrogen and oxygen atoms in total. The first kappa shape index (κ1) is 19.1. The number of benzene rings is 1. The molecule has 146 valence electrons. The molecule has 2 heterocycles. The molecule has 1 atom stereocenters. The Labute approximate surface area is 150 Å². The molecule has 0 saturated heterocycles. The predicted molar refractivity (Wildman–Crippen MR) is 83.9 cm³/mol. The van der Waals surface area contributed by atoms with Crippen molar-refractivity contribution >= 4 is 5.69 Å². The van der Waals surface area contributed by atoms with Crippen molar-refractivity contribution in [2.45, 2.75) is 18.5 Å². The Morgan fingerprint density at radius 2 is 1.67 bits per heavy atom. The van der Waals surface area contributed by atoms with E-state index in [1.807, 2.05) is 0 Å². The highest BCUT2D eigenvalue weighted by atomic mass is 19.4. The van der Waals surface area contributed by atoms with E-state index < -0.39 is 35.5 Å². The fourth-order valence-electron chi connectivity index (χ4n) is 2.68. The van der Waals surface area contributed by atoms with Crippen molar-refractivity contribution in [1.29, 1.82) is 0 Å². The van der Waals surface area contributed by atoms with E-state index in [1.165, 1.54) is 7.05 Å². The van der Waals surface area contributed by atoms with Crippen LogP contribution >= 0.6 is 0 Å². The number of fused-ring (bicyclic) bond motifs is 1. The molecule has 1 unspecified atom stereocenters. The summed E-state index contributed by atoms with van der Waals surface area (Å²) in [5.74, 6) is 0.965. The Bertz CT molecular complexity index is 822. The molecule has 0 spiro atoms. The van der Waals surface area contributed by atoms with Crippen LogP contribution in [0.3, 0.4) is 0 Å². The van der Waals surface area contributed by atoms with Crippen molar-refractivity contribution < 1.29 is 35.8 Å². The SMILES string of the molecule is CN(CC1COc2ccccc2O1)c1ccc(C(F)(F)F)nc1C(F)(F)F. The molecular formula is C17H14F6N2O2. The van der Waals surface area contributed by atoms with E-state index in [2.05, 4.69) is 4.98 Å². The number of para-hydroxylation sites is 2. The Morgan fingerprint density at radius 3 is 2.30 bits per heavy atom. The number of aromatic nitrogens is 1. The number of nitrogens with zero attached hydrogens (tertiary/aromatic N) is 2. The van der Waals surface area contributed by atoms with Gasteiger partial charge in [0.25, 0.3) is 0 Å². The van der Waals surface area contributed by atoms with Gasteiger partial charge in [0.05, 0.1) is 12.2 Å². The summed E-state index contributed by atoms with van der Waals surface area (Å²) in [5.41, 5.74) is -3.67. The van der Waals surface area contributed by atoms with E-state index in [9.17, 15) is 26.3 Å². The number of hydrogen-bond donors (Lipinski definition) is 0. The van der Waals surface area contributed by atoms with Crippen molar-refractivity contribution in [2.75, 3.05) is 25.1 Å². The lowest BCUT2D eigenvalue weighted by atomic mass is 10.2. The Morgan fingerprint density at radius 1 is 1.00 bits per heavy atom. The molecule has 1 aliphatic rings. The molecule has 2 aromatic rings. The monoisotopic (exact) mass is 392 g/mol. The Kier molecular flexibility index (Phi) is 4.83. The minimum Gasteiger partial charge on any atom is -0.486 e. The molecule has 0 radical (unpaired) electrons. The second kappa shape index (κ2) is 6.82. The average Bonchev–Trinajstić information content (AvgIpc) is 2.59. The summed E-state index contributed by atoms with van der Waals surface area (Å²) in [5, 5.41) is 0. The van der Waals surface area contributed by atoms with Crippen LogP contribution in [0.1, 0.15) is 11.4 Å². The van der Waals surface area contributed by atoms with Gasteiger partial charge in [-0.25, -0.2) is 4.98 Å². The van der Waals surface area contributed by atoms with Gasteiger partial charge < -0.3 is 14.4 Å². The molecule has 1 aromatic carbocycles. The second-order valence-electron chi connectivity index (χ2n) is 5.94. The highest BCUT2D eigenvalue weighted by Crippen LogP contribution is 2.38. The number of ether oxygens (including phenoxy) is 2. The number of rotatable bonds is 3. The van der Waals surface area contributed by atoms with Gasteiger partial charge in [0.15, 0.2) is 23.3 Å². The molecule has 10 heteroatoms. The van der Waals surface area contributed by atoms with Gasteiger partial charge in [-0.1, -0.05) is 12.1 Å². The smallest absolute Gasteiger partial charge is 0.435 e. The highest BCUT2D eigenvalue weighted by Gasteiger charge is 2.41. The van der Waals surface area contributed by atoms with Gasteiger partial charge in [-0.3, -0.25) is 0 Å². The van der Waals surface area contributed by atoms with Crippen molar-refractivity contribution in [1.82, 2.24) is 4.98 Å². The van der Waals surface area contributed by atoms with Crippen LogP contribution in [-0.2, 0) is 12.4 Å². The van der Waals surface area contributed by atoms with Gasteiger partial charge >= 0.3 is 12.4 Å². The molecular weight excluding hydrogens is 378 g/mol. The van der Waals surface area contributed by atoms with Crippen molar-refractivity contribution in [3.63, 3.8) is 0 Å². The third-order valence-corrected chi connectivity index (χ3v) is 3.89. The minimum absolute atomic E-state index is 0.0372. The number of halogens is 6. The lowest BCUT2D eigenvalue weighted by molar-refractivity contribution is -0.149. The van der Waals surface area contributed by atoms with Crippen LogP contribution in [0.15, 0.2) is 36.4 Å². The van der Waals surface area contributed by atoms with Gasteiger partial charge in [0.1, 0.15) is 12.3 Å². The molecule has 27 heavy (non-hydrogen) atoms. The second-order valence-corrected chi connectivity index (χ2v) is 5.94. The fourth-order valence-corrected chi connectivity index (χ4v) is 2.68. The molecule has 1 aromatic heterocycles. The molecule has 0 aliphatic carbocycles. The largest absolute Gasteiger partial charge is 0.486 e. The molecule has 0 saturated carbocycles. The summed E-state index contributed by atoms with van der Waals surface area (Å²) in [6.45, 7) is 0.0568. The number of likely N-dealkylation sites (N-methyl/N-ethyl adjacent to an activating group) is 1. The van der Waals surface area contributed by atoms with Crippen molar-refractivity contribution in [3.05, 3.63) is 47.8 Å². The molecule has 3 rings (SSSR count). The van der Waals surface area contributed by atoms with E-state index in [0.29, 0.717) is 17.6 Å². The summed E-state index contributed by atoms with van der Waals surface area (Å²) >= 11 is 0. The third-order valence-electron chi connectivity index (χ3n) is 3.89. The van der Waals surface area contributed by atoms with E-state index in [-0.39, 0.29) is 13.2 Å². The van der Waals surface area contributed by atoms with Gasteiger partial charge in [0.2, 0.25) is 0 Å². The maximum Gasteiger partial charge on any atom is 0.435 e. The van der Waals surface area contributed by atoms with Crippen LogP contribution in [0, 0.1) is 0 Å². The fraction of sp³-hybridized carbons (Fsp3) is 0.353. The van der Waals surface area contributed by atoms with Crippen LogP contribution in [0.5, 0.6) is 11.5 Å². The van der Waals surface area contributed by atoms with E-state index in [0.717, 1.165) is 11.0 Å². The maximum atomic E-state index is 13.2. The normalized spacial score (nSPS) is 16.9. The topological polar surface area (TPSA) is 34.6 Å². The van der Waals surface area contributed by atoms with Gasteiger partial charge in [-0.15, -0.1) is 0 Å². The van der Waals surface area contributed by atoms with Crippen LogP contribution in [0.25, 0.3) is 0 Å². The van der Waals surface area contributed by atoms with Gasteiger partial charge in [-0.2, -0.15) is 26.3 Å². The van der Waals surface area contributed by atoms with Crippen LogP contribution in [0.2, 0.25) is 0 Å². The minimum atomic E-state index is -5.04. The lowest BCUT2D eigenvalue weighted by Gasteiger charge is -2.31. The van der Waals surface area contributed by atoms with Gasteiger partial charge in [-0.05, 0) is 24.3 Å². The van der Waals surface area contributed by atoms with E-state index in [4.69, 9.17) is 9.47 Å². The van der Waals surface area contributed by atoms with Crippen LogP contribution in [-0.4, -0.2) is 31.3 Å². The number of anilines is 1. The van der Waals surface area contributed by atoms with Crippen molar-refractivity contribution in [3.8, 4) is 11.5 Å². The quantitative estimate of drug-likeness (QED) is 0.726. The Hall–Kier alpha value is -2.65. The highest BCUT2D eigenvalue weighted by molar-refractivity contribution is 5.52. The first-order valence-corrected chi connectivity index (χ1v) is 7.81. The van der Waals surface area contributed by atoms with E-state index in [1.54, 1.807) is 24.3 Å². The van der Waals surface area contributed by atoms with Crippen LogP contribution < -0.4 is 14.4 Å². The lowest BCUT2D eigenvalue weighted by Crippen LogP contribution is -2.40. The number of alkyl halides is 6. The summed E-state index contributed by atoms with van der Waals surface area (Å²) in [4.78, 5) is 3.95. The van der Waals surface area contributed by atoms with Crippen molar-refractivity contribution in [2.24, 2.45) is 0 Å². The van der Waals surface area contributed by atoms with E-state index >= 15 is 0 Å². The molecule has 0 fully saturated rings. The van der Waals surface area contributed by atoms with Gasteiger partial charge in [0, 0.05) is 7.05 Å². The average molecular weight is 392 g/mol. The predicted octanol–water partition coefficient (Wildman–Crippen LogP) is 4.40. The number of hydrogen-bond acceptors (Lipinski definition) is 4. The molecule has 0 amide bonds.